The summed E-state index contributed by atoms with van der Waals surface area (Å²) in [6, 6.07) is 0. The van der Waals surface area contributed by atoms with Gasteiger partial charge >= 0.3 is 0 Å². The van der Waals surface area contributed by atoms with Gasteiger partial charge < -0.3 is 10.2 Å². The van der Waals surface area contributed by atoms with Crippen molar-refractivity contribution in [3.63, 3.8) is 0 Å². The van der Waals surface area contributed by atoms with Gasteiger partial charge in [0.15, 0.2) is 0 Å². The Labute approximate surface area is 109 Å². The van der Waals surface area contributed by atoms with Crippen molar-refractivity contribution in [1.82, 2.24) is 0 Å². The van der Waals surface area contributed by atoms with Gasteiger partial charge in [0, 0.05) is 17.3 Å². The van der Waals surface area contributed by atoms with Crippen LogP contribution in [0.3, 0.4) is 0 Å². The molecule has 0 spiro atoms. The molecule has 4 fully saturated rings. The third-order valence-corrected chi connectivity index (χ3v) is 6.50. The Morgan fingerprint density at radius 1 is 1.11 bits per heavy atom. The Morgan fingerprint density at radius 3 is 2.28 bits per heavy atom. The van der Waals surface area contributed by atoms with Gasteiger partial charge in [-0.3, -0.25) is 4.79 Å². The van der Waals surface area contributed by atoms with Crippen molar-refractivity contribution in [2.75, 3.05) is 0 Å². The zero-order valence-electron chi connectivity index (χ0n) is 11.7. The number of rotatable bonds is 0. The lowest BCUT2D eigenvalue weighted by Gasteiger charge is -2.70. The lowest BCUT2D eigenvalue weighted by Crippen LogP contribution is -2.71. The molecule has 18 heavy (non-hydrogen) atoms. The van der Waals surface area contributed by atoms with Crippen LogP contribution in [-0.2, 0) is 4.79 Å². The summed E-state index contributed by atoms with van der Waals surface area (Å²) >= 11 is 0. The minimum atomic E-state index is -0.588. The molecule has 7 atom stereocenters. The highest BCUT2D eigenvalue weighted by Gasteiger charge is 2.73. The first-order valence-electron chi connectivity index (χ1n) is 7.11. The number of carbonyl (C=O) groups is 1. The molecule has 0 amide bonds. The van der Waals surface area contributed by atoms with Crippen LogP contribution in [0.15, 0.2) is 0 Å². The molecule has 2 N–H and O–H groups in total. The van der Waals surface area contributed by atoms with Crippen molar-refractivity contribution in [3.8, 4) is 0 Å². The van der Waals surface area contributed by atoms with Crippen LogP contribution < -0.4 is 0 Å². The minimum absolute atomic E-state index is 0.0927. The van der Waals surface area contributed by atoms with Crippen molar-refractivity contribution in [2.45, 2.75) is 52.7 Å². The number of aliphatic hydroxyl groups excluding tert-OH is 2. The SMILES string of the molecule is C[C@H]1C[C@@H](O)[C@@H]2[C@H]3[C@H]1[C@@]2(C)[C@H](O)CC(=O)C3(C)C. The van der Waals surface area contributed by atoms with Gasteiger partial charge in [-0.1, -0.05) is 27.7 Å². The second kappa shape index (κ2) is 3.37. The van der Waals surface area contributed by atoms with Crippen LogP contribution in [0.25, 0.3) is 0 Å². The summed E-state index contributed by atoms with van der Waals surface area (Å²) in [5, 5.41) is 20.9. The van der Waals surface area contributed by atoms with Crippen LogP contribution in [0.2, 0.25) is 0 Å². The molecule has 0 radical (unpaired) electrons. The topological polar surface area (TPSA) is 57.5 Å². The molecule has 0 unspecified atom stereocenters. The number of hydrogen-bond donors (Lipinski definition) is 2. The van der Waals surface area contributed by atoms with Crippen LogP contribution in [0.5, 0.6) is 0 Å². The van der Waals surface area contributed by atoms with Gasteiger partial charge in [-0.25, -0.2) is 0 Å². The molecule has 0 aromatic carbocycles. The number of aliphatic hydroxyl groups is 2. The molecule has 0 saturated heterocycles. The quantitative estimate of drug-likeness (QED) is 0.688. The maximum Gasteiger partial charge on any atom is 0.141 e. The molecule has 0 aromatic rings. The van der Waals surface area contributed by atoms with E-state index in [1.165, 1.54) is 0 Å². The van der Waals surface area contributed by atoms with Gasteiger partial charge in [0.25, 0.3) is 0 Å². The highest BCUT2D eigenvalue weighted by atomic mass is 16.3. The fourth-order valence-corrected chi connectivity index (χ4v) is 5.58. The van der Waals surface area contributed by atoms with Gasteiger partial charge in [0.2, 0.25) is 0 Å². The van der Waals surface area contributed by atoms with Gasteiger partial charge in [0.1, 0.15) is 5.78 Å². The fraction of sp³-hybridized carbons (Fsp3) is 0.933. The van der Waals surface area contributed by atoms with E-state index in [4.69, 9.17) is 0 Å². The summed E-state index contributed by atoms with van der Waals surface area (Å²) in [4.78, 5) is 12.3. The van der Waals surface area contributed by atoms with Gasteiger partial charge in [-0.15, -0.1) is 0 Å². The lowest BCUT2D eigenvalue weighted by atomic mass is 9.35. The van der Waals surface area contributed by atoms with Crippen LogP contribution in [0.4, 0.5) is 0 Å². The van der Waals surface area contributed by atoms with Crippen LogP contribution in [0.1, 0.15) is 40.5 Å². The van der Waals surface area contributed by atoms with Crippen molar-refractivity contribution in [2.24, 2.45) is 34.5 Å². The number of carbonyl (C=O) groups excluding carboxylic acids is 1. The number of hydrogen-bond acceptors (Lipinski definition) is 3. The summed E-state index contributed by atoms with van der Waals surface area (Å²) in [6.07, 6.45) is 0.125. The molecule has 4 saturated carbocycles. The van der Waals surface area contributed by atoms with Crippen LogP contribution in [-0.4, -0.2) is 28.2 Å². The van der Waals surface area contributed by atoms with E-state index in [1.54, 1.807) is 0 Å². The van der Waals surface area contributed by atoms with E-state index in [-0.39, 0.29) is 35.6 Å². The molecule has 3 nitrogen and oxygen atoms in total. The summed E-state index contributed by atoms with van der Waals surface area (Å²) < 4.78 is 0. The molecule has 0 heterocycles. The Bertz CT molecular complexity index is 385. The number of ketones is 1. The highest BCUT2D eigenvalue weighted by molar-refractivity contribution is 5.86. The smallest absolute Gasteiger partial charge is 0.141 e. The average Bonchev–Trinajstić information content (AvgIpc) is 2.31. The maximum absolute atomic E-state index is 12.3. The first-order chi connectivity index (χ1) is 8.22. The zero-order chi connectivity index (χ0) is 13.5. The fourth-order valence-electron chi connectivity index (χ4n) is 5.58. The maximum atomic E-state index is 12.3. The monoisotopic (exact) mass is 252 g/mol. The molecule has 4 aliphatic rings. The Kier molecular flexibility index (Phi) is 2.36. The van der Waals surface area contributed by atoms with Crippen molar-refractivity contribution in [1.29, 1.82) is 0 Å². The lowest BCUT2D eigenvalue weighted by molar-refractivity contribution is -0.276. The zero-order valence-corrected chi connectivity index (χ0v) is 11.7. The molecule has 0 aromatic heterocycles. The molecular weight excluding hydrogens is 228 g/mol. The van der Waals surface area contributed by atoms with E-state index in [0.29, 0.717) is 11.8 Å². The van der Waals surface area contributed by atoms with Crippen molar-refractivity contribution in [3.05, 3.63) is 0 Å². The molecule has 4 bridgehead atoms. The largest absolute Gasteiger partial charge is 0.393 e. The molecule has 3 heteroatoms. The first kappa shape index (κ1) is 12.6. The Morgan fingerprint density at radius 2 is 1.72 bits per heavy atom. The Balaban J connectivity index is 2.13. The van der Waals surface area contributed by atoms with Gasteiger partial charge in [-0.2, -0.15) is 0 Å². The van der Waals surface area contributed by atoms with E-state index >= 15 is 0 Å². The molecular formula is C15H24O3. The summed E-state index contributed by atoms with van der Waals surface area (Å²) in [7, 11) is 0. The standard InChI is InChI=1S/C15H24O3/c1-7-5-8(16)12-13-11(7)15(12,4)10(18)6-9(17)14(13,2)3/h7-8,10-13,16,18H,5-6H2,1-4H3/t7-,8+,10+,11-,12+,13+,15+/m0/s1. The number of Topliss-reactive ketones (excluding diaryl/α,β-unsaturated/α-hetero) is 1. The van der Waals surface area contributed by atoms with Crippen LogP contribution >= 0.6 is 0 Å². The summed E-state index contributed by atoms with van der Waals surface area (Å²) in [5.74, 6) is 1.26. The average molecular weight is 252 g/mol. The van der Waals surface area contributed by atoms with E-state index in [0.717, 1.165) is 6.42 Å². The molecule has 4 rings (SSSR count). The van der Waals surface area contributed by atoms with E-state index in [1.807, 2.05) is 13.8 Å². The highest BCUT2D eigenvalue weighted by Crippen LogP contribution is 2.72. The van der Waals surface area contributed by atoms with E-state index in [9.17, 15) is 15.0 Å². The minimum Gasteiger partial charge on any atom is -0.393 e. The number of fused-ring (bicyclic) bond motifs is 2. The van der Waals surface area contributed by atoms with E-state index < -0.39 is 11.5 Å². The third-order valence-electron chi connectivity index (χ3n) is 6.50. The van der Waals surface area contributed by atoms with Gasteiger partial charge in [-0.05, 0) is 30.1 Å². The van der Waals surface area contributed by atoms with Gasteiger partial charge in [0.05, 0.1) is 12.2 Å². The molecule has 102 valence electrons. The predicted molar refractivity (Wildman–Crippen MR) is 67.8 cm³/mol. The normalized spacial score (nSPS) is 57.8. The molecule has 4 aliphatic carbocycles. The molecule has 0 aliphatic heterocycles. The second-order valence-corrected chi connectivity index (χ2v) is 7.59. The van der Waals surface area contributed by atoms with Crippen molar-refractivity contribution < 1.29 is 15.0 Å². The second-order valence-electron chi connectivity index (χ2n) is 7.59. The summed E-state index contributed by atoms with van der Waals surface area (Å²) in [6.45, 7) is 8.24. The first-order valence-corrected chi connectivity index (χ1v) is 7.11. The van der Waals surface area contributed by atoms with E-state index in [2.05, 4.69) is 13.8 Å². The summed E-state index contributed by atoms with van der Waals surface area (Å²) in [5.41, 5.74) is -0.660. The van der Waals surface area contributed by atoms with Crippen LogP contribution in [0, 0.1) is 34.5 Å². The third kappa shape index (κ3) is 1.16. The predicted octanol–water partition coefficient (Wildman–Crippen LogP) is 1.62. The van der Waals surface area contributed by atoms with Crippen molar-refractivity contribution >= 4 is 5.78 Å². The Hall–Kier alpha value is -0.410.